The molecule has 0 N–H and O–H groups in total. The van der Waals surface area contributed by atoms with Crippen molar-refractivity contribution in [3.05, 3.63) is 52.6 Å². The molecule has 6 nitrogen and oxygen atoms in total. The van der Waals surface area contributed by atoms with Gasteiger partial charge in [-0.1, -0.05) is 22.8 Å². The van der Waals surface area contributed by atoms with E-state index in [4.69, 9.17) is 14.2 Å². The number of ether oxygens (including phenoxy) is 3. The summed E-state index contributed by atoms with van der Waals surface area (Å²) >= 11 is 0. The van der Waals surface area contributed by atoms with Crippen LogP contribution >= 0.6 is 7.80 Å². The number of carbonyl (C=O) groups excluding carboxylic acids is 2. The van der Waals surface area contributed by atoms with Crippen LogP contribution in [-0.2, 0) is 4.57 Å². The fraction of sp³-hybridized carbons (Fsp3) is 0.333. The summed E-state index contributed by atoms with van der Waals surface area (Å²) in [4.78, 5) is 25.4. The SMILES string of the molecule is COc1cc(OC)c(C(=O)[P+](=O)CCC(=O)c2c(C)cccc2C)c(OC)c1. The second-order valence-corrected chi connectivity index (χ2v) is 7.86. The predicted molar refractivity (Wildman–Crippen MR) is 108 cm³/mol. The van der Waals surface area contributed by atoms with Gasteiger partial charge in [-0.25, -0.2) is 4.79 Å². The minimum absolute atomic E-state index is 0.0213. The van der Waals surface area contributed by atoms with E-state index < -0.39 is 13.3 Å². The Morgan fingerprint density at radius 2 is 1.43 bits per heavy atom. The molecule has 0 aromatic heterocycles. The van der Waals surface area contributed by atoms with E-state index in [0.717, 1.165) is 11.1 Å². The van der Waals surface area contributed by atoms with Gasteiger partial charge < -0.3 is 14.2 Å². The Morgan fingerprint density at radius 3 is 1.89 bits per heavy atom. The first-order chi connectivity index (χ1) is 13.3. The summed E-state index contributed by atoms with van der Waals surface area (Å²) in [6, 6.07) is 8.66. The lowest BCUT2D eigenvalue weighted by Gasteiger charge is -2.11. The third kappa shape index (κ3) is 4.57. The molecule has 1 unspecified atom stereocenters. The standard InChI is InChI=1S/C21H24O6P/c1-13-7-6-8-14(2)19(13)16(22)9-10-28(24)21(23)20-17(26-4)11-15(25-3)12-18(20)27-5/h6-8,11-12H,9-10H2,1-5H3/q+1. The highest BCUT2D eigenvalue weighted by atomic mass is 31.1. The van der Waals surface area contributed by atoms with Crippen LogP contribution in [0, 0.1) is 13.8 Å². The molecular weight excluding hydrogens is 379 g/mol. The Kier molecular flexibility index (Phi) is 7.30. The molecule has 0 aliphatic rings. The second kappa shape index (κ2) is 9.47. The quantitative estimate of drug-likeness (QED) is 0.451. The molecule has 0 radical (unpaired) electrons. The first kappa shape index (κ1) is 21.6. The topological polar surface area (TPSA) is 78.9 Å². The van der Waals surface area contributed by atoms with Gasteiger partial charge in [-0.3, -0.25) is 4.79 Å². The van der Waals surface area contributed by atoms with E-state index in [1.807, 2.05) is 32.0 Å². The molecule has 0 bridgehead atoms. The molecule has 2 aromatic rings. The van der Waals surface area contributed by atoms with E-state index >= 15 is 0 Å². The molecule has 0 spiro atoms. The van der Waals surface area contributed by atoms with Crippen LogP contribution < -0.4 is 14.2 Å². The van der Waals surface area contributed by atoms with Crippen molar-refractivity contribution in [3.63, 3.8) is 0 Å². The lowest BCUT2D eigenvalue weighted by molar-refractivity contribution is 0.0988. The van der Waals surface area contributed by atoms with Crippen LogP contribution in [0.25, 0.3) is 0 Å². The van der Waals surface area contributed by atoms with Gasteiger partial charge in [0.05, 0.1) is 27.8 Å². The van der Waals surface area contributed by atoms with E-state index in [2.05, 4.69) is 0 Å². The Morgan fingerprint density at radius 1 is 0.893 bits per heavy atom. The van der Waals surface area contributed by atoms with Gasteiger partial charge in [-0.2, -0.15) is 0 Å². The molecule has 2 rings (SSSR count). The van der Waals surface area contributed by atoms with Crippen molar-refractivity contribution >= 4 is 19.1 Å². The van der Waals surface area contributed by atoms with Crippen molar-refractivity contribution in [1.82, 2.24) is 0 Å². The van der Waals surface area contributed by atoms with E-state index in [9.17, 15) is 14.2 Å². The number of carbonyl (C=O) groups is 2. The number of Topliss-reactive ketones (excluding diaryl/α,β-unsaturated/α-hetero) is 1. The van der Waals surface area contributed by atoms with Crippen LogP contribution in [0.4, 0.5) is 0 Å². The van der Waals surface area contributed by atoms with Gasteiger partial charge in [0.15, 0.2) is 17.5 Å². The monoisotopic (exact) mass is 403 g/mol. The first-order valence-corrected chi connectivity index (χ1v) is 10.2. The molecule has 148 valence electrons. The Balaban J connectivity index is 2.22. The third-order valence-corrected chi connectivity index (χ3v) is 5.76. The molecular formula is C21H24O6P+. The van der Waals surface area contributed by atoms with E-state index in [-0.39, 0.29) is 35.4 Å². The van der Waals surface area contributed by atoms with Gasteiger partial charge in [0.25, 0.3) is 0 Å². The normalized spacial score (nSPS) is 11.0. The molecule has 1 atom stereocenters. The highest BCUT2D eigenvalue weighted by Gasteiger charge is 2.36. The van der Waals surface area contributed by atoms with Crippen molar-refractivity contribution in [1.29, 1.82) is 0 Å². The van der Waals surface area contributed by atoms with Crippen LogP contribution in [-0.4, -0.2) is 38.8 Å². The minimum atomic E-state index is -2.33. The summed E-state index contributed by atoms with van der Waals surface area (Å²) in [6.45, 7) is 3.72. The van der Waals surface area contributed by atoms with Crippen molar-refractivity contribution in [2.45, 2.75) is 20.3 Å². The molecule has 0 aliphatic carbocycles. The average Bonchev–Trinajstić information content (AvgIpc) is 2.70. The smallest absolute Gasteiger partial charge is 0.420 e. The van der Waals surface area contributed by atoms with Gasteiger partial charge in [0, 0.05) is 17.7 Å². The molecule has 0 heterocycles. The molecule has 0 fully saturated rings. The van der Waals surface area contributed by atoms with Gasteiger partial charge in [-0.05, 0) is 25.0 Å². The summed E-state index contributed by atoms with van der Waals surface area (Å²) in [6.07, 6.45) is -0.0213. The maximum atomic E-state index is 12.8. The zero-order chi connectivity index (χ0) is 20.8. The number of hydrogen-bond donors (Lipinski definition) is 0. The van der Waals surface area contributed by atoms with Crippen LogP contribution in [0.1, 0.15) is 38.3 Å². The molecule has 28 heavy (non-hydrogen) atoms. The molecule has 2 aromatic carbocycles. The van der Waals surface area contributed by atoms with Gasteiger partial charge >= 0.3 is 13.3 Å². The minimum Gasteiger partial charge on any atom is -0.496 e. The Hall–Kier alpha value is -2.72. The van der Waals surface area contributed by atoms with Crippen molar-refractivity contribution in [2.75, 3.05) is 27.5 Å². The lowest BCUT2D eigenvalue weighted by Crippen LogP contribution is -2.08. The fourth-order valence-corrected chi connectivity index (χ4v) is 4.10. The highest BCUT2D eigenvalue weighted by Crippen LogP contribution is 2.40. The van der Waals surface area contributed by atoms with Crippen molar-refractivity contribution in [2.24, 2.45) is 0 Å². The van der Waals surface area contributed by atoms with Gasteiger partial charge in [-0.15, -0.1) is 0 Å². The molecule has 0 saturated heterocycles. The summed E-state index contributed by atoms with van der Waals surface area (Å²) in [5.74, 6) is 0.752. The summed E-state index contributed by atoms with van der Waals surface area (Å²) < 4.78 is 28.3. The van der Waals surface area contributed by atoms with Gasteiger partial charge in [0.2, 0.25) is 0 Å². The lowest BCUT2D eigenvalue weighted by atomic mass is 9.98. The van der Waals surface area contributed by atoms with Gasteiger partial charge in [0.1, 0.15) is 17.2 Å². The van der Waals surface area contributed by atoms with Crippen LogP contribution in [0.2, 0.25) is 0 Å². The Bertz CT molecular complexity index is 874. The maximum absolute atomic E-state index is 12.8. The summed E-state index contributed by atoms with van der Waals surface area (Å²) in [5, 5.41) is 0. The van der Waals surface area contributed by atoms with Crippen LogP contribution in [0.15, 0.2) is 30.3 Å². The number of aryl methyl sites for hydroxylation is 2. The summed E-state index contributed by atoms with van der Waals surface area (Å²) in [5.41, 5.74) is 1.83. The number of ketones is 1. The Labute approximate surface area is 165 Å². The molecule has 0 saturated carbocycles. The van der Waals surface area contributed by atoms with Crippen molar-refractivity contribution in [3.8, 4) is 17.2 Å². The van der Waals surface area contributed by atoms with E-state index in [1.54, 1.807) is 0 Å². The predicted octanol–water partition coefficient (Wildman–Crippen LogP) is 4.57. The average molecular weight is 403 g/mol. The largest absolute Gasteiger partial charge is 0.496 e. The van der Waals surface area contributed by atoms with Crippen LogP contribution in [0.5, 0.6) is 17.2 Å². The van der Waals surface area contributed by atoms with E-state index in [0.29, 0.717) is 11.3 Å². The molecule has 0 aliphatic heterocycles. The zero-order valence-corrected chi connectivity index (χ0v) is 17.6. The molecule has 0 amide bonds. The summed E-state index contributed by atoms with van der Waals surface area (Å²) in [7, 11) is 1.96. The van der Waals surface area contributed by atoms with Crippen LogP contribution in [0.3, 0.4) is 0 Å². The van der Waals surface area contributed by atoms with Crippen molar-refractivity contribution < 1.29 is 28.4 Å². The number of methoxy groups -OCH3 is 3. The fourth-order valence-electron chi connectivity index (χ4n) is 3.03. The third-order valence-electron chi connectivity index (χ3n) is 4.46. The number of hydrogen-bond acceptors (Lipinski definition) is 6. The maximum Gasteiger partial charge on any atom is 0.420 e. The highest BCUT2D eigenvalue weighted by molar-refractivity contribution is 7.64. The number of rotatable bonds is 9. The number of benzene rings is 2. The molecule has 7 heteroatoms. The second-order valence-electron chi connectivity index (χ2n) is 6.25. The zero-order valence-electron chi connectivity index (χ0n) is 16.7. The van der Waals surface area contributed by atoms with E-state index in [1.165, 1.54) is 33.5 Å². The first-order valence-electron chi connectivity index (χ1n) is 8.72.